The monoisotopic (exact) mass is 622 g/mol. The first-order valence-corrected chi connectivity index (χ1v) is 16.5. The lowest BCUT2D eigenvalue weighted by Crippen LogP contribution is -2.53. The summed E-state index contributed by atoms with van der Waals surface area (Å²) in [5.74, 6) is -0.661. The third-order valence-corrected chi connectivity index (χ3v) is 9.48. The van der Waals surface area contributed by atoms with Gasteiger partial charge < -0.3 is 15.1 Å². The molecule has 0 atom stereocenters. The Balaban J connectivity index is 1.13. The fourth-order valence-electron chi connectivity index (χ4n) is 5.44. The van der Waals surface area contributed by atoms with Crippen LogP contribution in [-0.4, -0.2) is 61.8 Å². The molecule has 9 nitrogen and oxygen atoms in total. The summed E-state index contributed by atoms with van der Waals surface area (Å²) in [6.45, 7) is 1.85. The number of hydrogen-bond acceptors (Lipinski definition) is 6. The van der Waals surface area contributed by atoms with E-state index in [1.165, 1.54) is 12.8 Å². The summed E-state index contributed by atoms with van der Waals surface area (Å²) in [7, 11) is -4.09. The molecule has 2 fully saturated rings. The highest BCUT2D eigenvalue weighted by molar-refractivity contribution is 7.85. The number of amides is 2. The number of para-hydroxylation sites is 2. The van der Waals surface area contributed by atoms with Crippen LogP contribution in [0, 0.1) is 0 Å². The van der Waals surface area contributed by atoms with Crippen molar-refractivity contribution in [3.8, 4) is 0 Å². The van der Waals surface area contributed by atoms with Gasteiger partial charge in [-0.25, -0.2) is 0 Å². The molecule has 0 radical (unpaired) electrons. The fraction of sp³-hybridized carbons (Fsp3) is 0.517. The van der Waals surface area contributed by atoms with Crippen molar-refractivity contribution in [3.05, 3.63) is 57.6 Å². The van der Waals surface area contributed by atoms with Gasteiger partial charge in [-0.2, -0.15) is 8.42 Å². The standard InChI is InChI=1S/C29H36Cl2N4O5S/c30-23-18-21(24(31)17-20(23)5-1-4-8-27(36)32-13-16-41(38,39)40)19-33-29(11-12-29)28(37)35-15-14-34(22-9-10-22)25-6-2-3-7-26(25)35/h2-3,6-7,17-18,22,33H,1,4-5,8-16,19H2,(H,32,36)(H,38,39,40). The van der Waals surface area contributed by atoms with E-state index in [1.807, 2.05) is 35.2 Å². The Kier molecular flexibility index (Phi) is 9.16. The van der Waals surface area contributed by atoms with Crippen LogP contribution in [-0.2, 0) is 32.7 Å². The number of rotatable bonds is 13. The van der Waals surface area contributed by atoms with Crippen LogP contribution in [0.4, 0.5) is 11.4 Å². The fourth-order valence-corrected chi connectivity index (χ4v) is 6.33. The number of anilines is 2. The van der Waals surface area contributed by atoms with E-state index in [2.05, 4.69) is 21.6 Å². The molecule has 12 heteroatoms. The van der Waals surface area contributed by atoms with Gasteiger partial charge in [0.15, 0.2) is 0 Å². The first-order chi connectivity index (χ1) is 19.6. The molecule has 0 aromatic heterocycles. The Hall–Kier alpha value is -2.37. The molecule has 1 aliphatic heterocycles. The van der Waals surface area contributed by atoms with Crippen LogP contribution in [0.2, 0.25) is 10.0 Å². The Morgan fingerprint density at radius 1 is 1.00 bits per heavy atom. The summed E-state index contributed by atoms with van der Waals surface area (Å²) >= 11 is 13.2. The van der Waals surface area contributed by atoms with Crippen molar-refractivity contribution in [1.29, 1.82) is 0 Å². The Bertz CT molecular complexity index is 1410. The molecule has 2 aromatic rings. The van der Waals surface area contributed by atoms with Gasteiger partial charge in [0.05, 0.1) is 22.7 Å². The highest BCUT2D eigenvalue weighted by Crippen LogP contribution is 2.44. The molecule has 222 valence electrons. The topological polar surface area (TPSA) is 119 Å². The van der Waals surface area contributed by atoms with Gasteiger partial charge in [0.2, 0.25) is 11.8 Å². The molecule has 41 heavy (non-hydrogen) atoms. The van der Waals surface area contributed by atoms with E-state index >= 15 is 0 Å². The van der Waals surface area contributed by atoms with Gasteiger partial charge in [0, 0.05) is 48.7 Å². The third-order valence-electron chi connectivity index (χ3n) is 8.05. The zero-order valence-corrected chi connectivity index (χ0v) is 25.2. The quantitative estimate of drug-likeness (QED) is 0.224. The maximum Gasteiger partial charge on any atom is 0.266 e. The molecule has 5 rings (SSSR count). The van der Waals surface area contributed by atoms with Gasteiger partial charge in [-0.1, -0.05) is 35.3 Å². The smallest absolute Gasteiger partial charge is 0.266 e. The van der Waals surface area contributed by atoms with Gasteiger partial charge in [0.25, 0.3) is 10.1 Å². The van der Waals surface area contributed by atoms with Crippen molar-refractivity contribution in [2.75, 3.05) is 35.2 Å². The van der Waals surface area contributed by atoms with E-state index < -0.39 is 21.4 Å². The number of aryl methyl sites for hydroxylation is 1. The normalized spacial score (nSPS) is 17.7. The molecule has 0 saturated heterocycles. The summed E-state index contributed by atoms with van der Waals surface area (Å²) in [4.78, 5) is 30.0. The van der Waals surface area contributed by atoms with Crippen molar-refractivity contribution < 1.29 is 22.6 Å². The molecule has 3 aliphatic rings. The number of benzene rings is 2. The van der Waals surface area contributed by atoms with Gasteiger partial charge in [0.1, 0.15) is 0 Å². The van der Waals surface area contributed by atoms with E-state index in [0.717, 1.165) is 41.9 Å². The van der Waals surface area contributed by atoms with E-state index in [0.29, 0.717) is 48.4 Å². The zero-order valence-electron chi connectivity index (χ0n) is 22.9. The maximum absolute atomic E-state index is 13.8. The second kappa shape index (κ2) is 12.5. The molecule has 0 unspecified atom stereocenters. The second-order valence-corrected chi connectivity index (χ2v) is 13.6. The Labute approximate surface area is 251 Å². The van der Waals surface area contributed by atoms with Gasteiger partial charge >= 0.3 is 0 Å². The first-order valence-electron chi connectivity index (χ1n) is 14.2. The lowest BCUT2D eigenvalue weighted by atomic mass is 10.0. The summed E-state index contributed by atoms with van der Waals surface area (Å²) in [6.07, 6.45) is 6.18. The number of carbonyl (C=O) groups excluding carboxylic acids is 2. The number of nitrogens with zero attached hydrogens (tertiary/aromatic N) is 2. The maximum atomic E-state index is 13.8. The van der Waals surface area contributed by atoms with Crippen LogP contribution in [0.1, 0.15) is 56.1 Å². The molecule has 2 saturated carbocycles. The number of carbonyl (C=O) groups is 2. The van der Waals surface area contributed by atoms with Gasteiger partial charge in [-0.15, -0.1) is 0 Å². The van der Waals surface area contributed by atoms with Crippen LogP contribution in [0.5, 0.6) is 0 Å². The van der Waals surface area contributed by atoms with E-state index in [1.54, 1.807) is 0 Å². The second-order valence-electron chi connectivity index (χ2n) is 11.2. The molecule has 2 aromatic carbocycles. The molecule has 0 bridgehead atoms. The minimum Gasteiger partial charge on any atom is -0.365 e. The third kappa shape index (κ3) is 7.53. The lowest BCUT2D eigenvalue weighted by molar-refractivity contribution is -0.122. The summed E-state index contributed by atoms with van der Waals surface area (Å²) in [5, 5.41) is 7.14. The number of hydrogen-bond donors (Lipinski definition) is 3. The SMILES string of the molecule is O=C(CCCCc1cc(Cl)c(CNC2(C(=O)N3CCN(C4CC4)c4ccccc43)CC2)cc1Cl)NCCS(=O)(=O)O. The minimum absolute atomic E-state index is 0.112. The van der Waals surface area contributed by atoms with Crippen LogP contribution in [0.25, 0.3) is 0 Å². The van der Waals surface area contributed by atoms with Crippen LogP contribution in [0.15, 0.2) is 36.4 Å². The Morgan fingerprint density at radius 3 is 2.37 bits per heavy atom. The summed E-state index contributed by atoms with van der Waals surface area (Å²) in [5.41, 5.74) is 3.26. The zero-order chi connectivity index (χ0) is 29.2. The first kappa shape index (κ1) is 30.1. The van der Waals surface area contributed by atoms with Crippen LogP contribution >= 0.6 is 23.2 Å². The van der Waals surface area contributed by atoms with Crippen molar-refractivity contribution in [3.63, 3.8) is 0 Å². The highest BCUT2D eigenvalue weighted by Gasteiger charge is 2.52. The van der Waals surface area contributed by atoms with Crippen molar-refractivity contribution in [2.24, 2.45) is 0 Å². The van der Waals surface area contributed by atoms with Crippen molar-refractivity contribution in [1.82, 2.24) is 10.6 Å². The lowest BCUT2D eigenvalue weighted by Gasteiger charge is -2.39. The summed E-state index contributed by atoms with van der Waals surface area (Å²) < 4.78 is 30.2. The van der Waals surface area contributed by atoms with Crippen molar-refractivity contribution in [2.45, 2.75) is 69.5 Å². The molecule has 2 aliphatic carbocycles. The van der Waals surface area contributed by atoms with E-state index in [9.17, 15) is 18.0 Å². The highest BCUT2D eigenvalue weighted by atomic mass is 35.5. The molecule has 1 heterocycles. The van der Waals surface area contributed by atoms with Gasteiger partial charge in [-0.3, -0.25) is 19.5 Å². The summed E-state index contributed by atoms with van der Waals surface area (Å²) in [6, 6.07) is 12.5. The number of nitrogens with one attached hydrogen (secondary N) is 2. The predicted octanol–water partition coefficient (Wildman–Crippen LogP) is 4.35. The molecular formula is C29H36Cl2N4O5S. The Morgan fingerprint density at radius 2 is 1.68 bits per heavy atom. The molecule has 2 amide bonds. The largest absolute Gasteiger partial charge is 0.365 e. The molecule has 0 spiro atoms. The average Bonchev–Trinajstić information content (AvgIpc) is 3.86. The van der Waals surface area contributed by atoms with E-state index in [-0.39, 0.29) is 24.8 Å². The molecular weight excluding hydrogens is 587 g/mol. The number of fused-ring (bicyclic) bond motifs is 1. The minimum atomic E-state index is -4.09. The van der Waals surface area contributed by atoms with Crippen LogP contribution in [0.3, 0.4) is 0 Å². The van der Waals surface area contributed by atoms with Crippen molar-refractivity contribution >= 4 is 56.5 Å². The van der Waals surface area contributed by atoms with Crippen LogP contribution < -0.4 is 20.4 Å². The van der Waals surface area contributed by atoms with E-state index in [4.69, 9.17) is 27.8 Å². The number of halogens is 2. The number of unbranched alkanes of at least 4 members (excludes halogenated alkanes) is 1. The van der Waals surface area contributed by atoms with Gasteiger partial charge in [-0.05, 0) is 80.3 Å². The average molecular weight is 624 g/mol. The predicted molar refractivity (Wildman–Crippen MR) is 161 cm³/mol. The molecule has 3 N–H and O–H groups in total.